The second kappa shape index (κ2) is 6.43. The van der Waals surface area contributed by atoms with Gasteiger partial charge < -0.3 is 15.8 Å². The van der Waals surface area contributed by atoms with Gasteiger partial charge in [-0.15, -0.1) is 0 Å². The monoisotopic (exact) mass is 294 g/mol. The Hall–Kier alpha value is -1.62. The van der Waals surface area contributed by atoms with Gasteiger partial charge in [0.2, 0.25) is 5.91 Å². The van der Waals surface area contributed by atoms with Gasteiger partial charge in [-0.3, -0.25) is 4.79 Å². The van der Waals surface area contributed by atoms with Crippen molar-refractivity contribution in [3.05, 3.63) is 24.0 Å². The number of carbonyl (C=O) groups excluding carboxylic acids is 1. The topological polar surface area (TPSA) is 64.3 Å². The van der Waals surface area contributed by atoms with Crippen molar-refractivity contribution in [1.29, 1.82) is 0 Å². The van der Waals surface area contributed by atoms with Crippen LogP contribution in [0.1, 0.15) is 39.5 Å². The summed E-state index contributed by atoms with van der Waals surface area (Å²) in [6.07, 6.45) is 3.66. The highest BCUT2D eigenvalue weighted by atomic mass is 19.1. The van der Waals surface area contributed by atoms with Crippen LogP contribution < -0.4 is 15.8 Å². The molecule has 4 nitrogen and oxygen atoms in total. The van der Waals surface area contributed by atoms with E-state index in [1.165, 1.54) is 12.1 Å². The number of nitrogens with two attached hydrogens (primary N) is 1. The molecule has 0 bridgehead atoms. The summed E-state index contributed by atoms with van der Waals surface area (Å²) >= 11 is 0. The third kappa shape index (κ3) is 3.73. The van der Waals surface area contributed by atoms with Crippen molar-refractivity contribution in [2.24, 2.45) is 11.7 Å². The van der Waals surface area contributed by atoms with Crippen LogP contribution in [0, 0.1) is 11.7 Å². The Morgan fingerprint density at radius 1 is 1.52 bits per heavy atom. The summed E-state index contributed by atoms with van der Waals surface area (Å²) in [6, 6.07) is 4.44. The van der Waals surface area contributed by atoms with E-state index >= 15 is 0 Å². The highest BCUT2D eigenvalue weighted by Gasteiger charge is 2.37. The van der Waals surface area contributed by atoms with E-state index in [-0.39, 0.29) is 17.6 Å². The molecule has 3 N–H and O–H groups in total. The number of ether oxygens (including phenoxy) is 1. The minimum Gasteiger partial charge on any atom is -0.491 e. The smallest absolute Gasteiger partial charge is 0.229 e. The molecule has 0 heterocycles. The van der Waals surface area contributed by atoms with Crippen molar-refractivity contribution in [2.75, 3.05) is 11.9 Å². The number of amides is 1. The van der Waals surface area contributed by atoms with Gasteiger partial charge in [0.1, 0.15) is 0 Å². The summed E-state index contributed by atoms with van der Waals surface area (Å²) in [4.78, 5) is 12.4. The molecule has 2 atom stereocenters. The Kier molecular flexibility index (Phi) is 4.83. The lowest BCUT2D eigenvalue weighted by atomic mass is 9.74. The van der Waals surface area contributed by atoms with E-state index in [0.29, 0.717) is 12.3 Å². The number of halogens is 1. The first-order valence-electron chi connectivity index (χ1n) is 7.46. The molecule has 1 fully saturated rings. The number of rotatable bonds is 4. The first kappa shape index (κ1) is 15.8. The fourth-order valence-electron chi connectivity index (χ4n) is 2.87. The molecular weight excluding hydrogens is 271 g/mol. The maximum atomic E-state index is 13.8. The van der Waals surface area contributed by atoms with Crippen LogP contribution >= 0.6 is 0 Å². The molecule has 0 saturated heterocycles. The number of hydrogen-bond donors (Lipinski definition) is 2. The molecule has 2 rings (SSSR count). The number of nitrogens with one attached hydrogen (secondary N) is 1. The third-order valence-corrected chi connectivity index (χ3v) is 4.07. The highest BCUT2D eigenvalue weighted by Crippen LogP contribution is 2.32. The normalized spacial score (nSPS) is 25.4. The highest BCUT2D eigenvalue weighted by molar-refractivity contribution is 5.93. The zero-order chi connectivity index (χ0) is 15.5. The summed E-state index contributed by atoms with van der Waals surface area (Å²) in [5.41, 5.74) is 6.15. The van der Waals surface area contributed by atoms with Crippen LogP contribution in [-0.4, -0.2) is 18.1 Å². The number of anilines is 1. The number of benzene rings is 1. The molecule has 0 aromatic heterocycles. The van der Waals surface area contributed by atoms with Gasteiger partial charge >= 0.3 is 0 Å². The quantitative estimate of drug-likeness (QED) is 0.897. The first-order valence-corrected chi connectivity index (χ1v) is 7.46. The molecule has 0 aliphatic heterocycles. The van der Waals surface area contributed by atoms with Crippen molar-refractivity contribution in [3.8, 4) is 5.75 Å². The lowest BCUT2D eigenvalue weighted by molar-refractivity contribution is -0.122. The largest absolute Gasteiger partial charge is 0.491 e. The van der Waals surface area contributed by atoms with E-state index in [2.05, 4.69) is 5.32 Å². The fraction of sp³-hybridized carbons (Fsp3) is 0.562. The Morgan fingerprint density at radius 2 is 2.29 bits per heavy atom. The van der Waals surface area contributed by atoms with E-state index in [9.17, 15) is 9.18 Å². The van der Waals surface area contributed by atoms with Crippen LogP contribution in [0.15, 0.2) is 18.2 Å². The Morgan fingerprint density at radius 3 is 2.90 bits per heavy atom. The van der Waals surface area contributed by atoms with Crippen LogP contribution in [0.3, 0.4) is 0 Å². The Labute approximate surface area is 124 Å². The molecule has 1 saturated carbocycles. The molecule has 1 aromatic rings. The third-order valence-electron chi connectivity index (χ3n) is 4.07. The van der Waals surface area contributed by atoms with Crippen molar-refractivity contribution in [1.82, 2.24) is 0 Å². The van der Waals surface area contributed by atoms with Gasteiger partial charge in [-0.05, 0) is 38.8 Å². The minimum atomic E-state index is -0.494. The minimum absolute atomic E-state index is 0.136. The second-order valence-electron chi connectivity index (χ2n) is 5.87. The average molecular weight is 294 g/mol. The molecule has 116 valence electrons. The van der Waals surface area contributed by atoms with Crippen LogP contribution in [0.2, 0.25) is 0 Å². The van der Waals surface area contributed by atoms with Crippen molar-refractivity contribution in [3.63, 3.8) is 0 Å². The molecule has 5 heteroatoms. The Balaban J connectivity index is 2.07. The fourth-order valence-corrected chi connectivity index (χ4v) is 2.87. The van der Waals surface area contributed by atoms with Crippen LogP contribution in [0.25, 0.3) is 0 Å². The summed E-state index contributed by atoms with van der Waals surface area (Å²) < 4.78 is 18.9. The van der Waals surface area contributed by atoms with E-state index in [0.717, 1.165) is 25.7 Å². The maximum Gasteiger partial charge on any atom is 0.229 e. The average Bonchev–Trinajstić information content (AvgIpc) is 2.41. The molecular formula is C16H23FN2O2. The van der Waals surface area contributed by atoms with E-state index in [1.54, 1.807) is 13.0 Å². The molecule has 0 spiro atoms. The molecule has 21 heavy (non-hydrogen) atoms. The molecule has 1 aliphatic carbocycles. The summed E-state index contributed by atoms with van der Waals surface area (Å²) in [7, 11) is 0. The van der Waals surface area contributed by atoms with Crippen LogP contribution in [0.4, 0.5) is 10.1 Å². The second-order valence-corrected chi connectivity index (χ2v) is 5.87. The Bertz CT molecular complexity index is 517. The zero-order valence-electron chi connectivity index (χ0n) is 12.6. The first-order chi connectivity index (χ1) is 9.94. The SMILES string of the molecule is CCOc1ccc(NC(=O)C2CCCCC2(C)N)cc1F. The molecule has 1 amide bonds. The molecule has 1 aliphatic rings. The molecule has 2 unspecified atom stereocenters. The van der Waals surface area contributed by atoms with Gasteiger partial charge in [-0.25, -0.2) is 4.39 Å². The standard InChI is InChI=1S/C16H23FN2O2/c1-3-21-14-8-7-11(10-13(14)17)19-15(20)12-6-4-5-9-16(12,2)18/h7-8,10,12H,3-6,9,18H2,1-2H3,(H,19,20). The lowest BCUT2D eigenvalue weighted by Gasteiger charge is -2.37. The van der Waals surface area contributed by atoms with E-state index < -0.39 is 11.4 Å². The predicted molar refractivity (Wildman–Crippen MR) is 80.7 cm³/mol. The number of carbonyl (C=O) groups is 1. The van der Waals surface area contributed by atoms with Gasteiger partial charge in [0.25, 0.3) is 0 Å². The predicted octanol–water partition coefficient (Wildman–Crippen LogP) is 3.07. The van der Waals surface area contributed by atoms with Crippen LogP contribution in [-0.2, 0) is 4.79 Å². The summed E-state index contributed by atoms with van der Waals surface area (Å²) in [5.74, 6) is -0.658. The van der Waals surface area contributed by atoms with Gasteiger partial charge in [0.15, 0.2) is 11.6 Å². The van der Waals surface area contributed by atoms with E-state index in [4.69, 9.17) is 10.5 Å². The van der Waals surface area contributed by atoms with Gasteiger partial charge in [-0.1, -0.05) is 12.8 Å². The number of hydrogen-bond acceptors (Lipinski definition) is 3. The van der Waals surface area contributed by atoms with Gasteiger partial charge in [0.05, 0.1) is 12.5 Å². The van der Waals surface area contributed by atoms with Crippen LogP contribution in [0.5, 0.6) is 5.75 Å². The van der Waals surface area contributed by atoms with Crippen molar-refractivity contribution < 1.29 is 13.9 Å². The van der Waals surface area contributed by atoms with Gasteiger partial charge in [-0.2, -0.15) is 0 Å². The molecule has 1 aromatic carbocycles. The summed E-state index contributed by atoms with van der Waals surface area (Å²) in [5, 5.41) is 2.76. The van der Waals surface area contributed by atoms with Crippen molar-refractivity contribution in [2.45, 2.75) is 45.1 Å². The van der Waals surface area contributed by atoms with Gasteiger partial charge in [0, 0.05) is 17.3 Å². The lowest BCUT2D eigenvalue weighted by Crippen LogP contribution is -2.51. The maximum absolute atomic E-state index is 13.8. The van der Waals surface area contributed by atoms with E-state index in [1.807, 2.05) is 6.92 Å². The summed E-state index contributed by atoms with van der Waals surface area (Å²) in [6.45, 7) is 4.10. The zero-order valence-corrected chi connectivity index (χ0v) is 12.6. The van der Waals surface area contributed by atoms with Crippen molar-refractivity contribution >= 4 is 11.6 Å². The molecule has 0 radical (unpaired) electrons.